The Morgan fingerprint density at radius 2 is 1.93 bits per heavy atom. The summed E-state index contributed by atoms with van der Waals surface area (Å²) in [5.41, 5.74) is -0.644. The van der Waals surface area contributed by atoms with E-state index in [0.29, 0.717) is 5.75 Å². The Labute approximate surface area is 92.5 Å². The topological polar surface area (TPSA) is 63.4 Å². The summed E-state index contributed by atoms with van der Waals surface area (Å²) in [6, 6.07) is 6.31. The number of rotatable bonds is 4. The number of nitro groups is 1. The molecular weight excluding hydrogens is 214 g/mol. The molecule has 0 radical (unpaired) electrons. The zero-order chi connectivity index (χ0) is 11.5. The quantitative estimate of drug-likeness (QED) is 0.487. The van der Waals surface area contributed by atoms with Gasteiger partial charge in [-0.2, -0.15) is 0 Å². The maximum Gasteiger partial charge on any atom is 0.269 e. The average Bonchev–Trinajstić information content (AvgIpc) is 2.14. The van der Waals surface area contributed by atoms with Crippen LogP contribution in [0.4, 0.5) is 5.69 Å². The lowest BCUT2D eigenvalue weighted by molar-refractivity contribution is -0.384. The van der Waals surface area contributed by atoms with Crippen molar-refractivity contribution in [2.45, 2.75) is 24.3 Å². The summed E-state index contributed by atoms with van der Waals surface area (Å²) >= 11 is 1.48. The van der Waals surface area contributed by atoms with Crippen LogP contribution in [0.2, 0.25) is 0 Å². The molecule has 0 fully saturated rings. The van der Waals surface area contributed by atoms with Crippen molar-refractivity contribution in [3.8, 4) is 0 Å². The second-order valence-electron chi connectivity index (χ2n) is 3.85. The summed E-state index contributed by atoms with van der Waals surface area (Å²) in [4.78, 5) is 10.9. The smallest absolute Gasteiger partial charge is 0.269 e. The molecule has 0 atom stereocenters. The van der Waals surface area contributed by atoms with Crippen molar-refractivity contribution in [2.75, 3.05) is 5.75 Å². The van der Waals surface area contributed by atoms with E-state index in [9.17, 15) is 15.2 Å². The van der Waals surface area contributed by atoms with Gasteiger partial charge in [-0.25, -0.2) is 0 Å². The number of thioether (sulfide) groups is 1. The fourth-order valence-corrected chi connectivity index (χ4v) is 1.77. The lowest BCUT2D eigenvalue weighted by Gasteiger charge is -2.15. The predicted octanol–water partition coefficient (Wildman–Crippen LogP) is 2.46. The zero-order valence-corrected chi connectivity index (χ0v) is 9.45. The van der Waals surface area contributed by atoms with Gasteiger partial charge in [-0.1, -0.05) is 0 Å². The molecule has 82 valence electrons. The minimum Gasteiger partial charge on any atom is -0.390 e. The van der Waals surface area contributed by atoms with Gasteiger partial charge in [0.1, 0.15) is 0 Å². The molecule has 0 saturated heterocycles. The van der Waals surface area contributed by atoms with Crippen LogP contribution in [0.25, 0.3) is 0 Å². The van der Waals surface area contributed by atoms with Gasteiger partial charge in [-0.3, -0.25) is 10.1 Å². The second kappa shape index (κ2) is 4.63. The molecule has 5 heteroatoms. The van der Waals surface area contributed by atoms with Gasteiger partial charge in [-0.15, -0.1) is 11.8 Å². The highest BCUT2D eigenvalue weighted by Crippen LogP contribution is 2.24. The maximum absolute atomic E-state index is 10.4. The van der Waals surface area contributed by atoms with Crippen molar-refractivity contribution < 1.29 is 10.0 Å². The molecule has 0 spiro atoms. The summed E-state index contributed by atoms with van der Waals surface area (Å²) in [6.45, 7) is 3.46. The van der Waals surface area contributed by atoms with Crippen molar-refractivity contribution in [3.63, 3.8) is 0 Å². The molecule has 1 rings (SSSR count). The zero-order valence-electron chi connectivity index (χ0n) is 8.64. The first kappa shape index (κ1) is 12.0. The van der Waals surface area contributed by atoms with Gasteiger partial charge >= 0.3 is 0 Å². The van der Waals surface area contributed by atoms with Crippen molar-refractivity contribution in [1.29, 1.82) is 0 Å². The van der Waals surface area contributed by atoms with Crippen LogP contribution >= 0.6 is 11.8 Å². The molecule has 1 aromatic rings. The monoisotopic (exact) mass is 227 g/mol. The summed E-state index contributed by atoms with van der Waals surface area (Å²) in [5.74, 6) is 0.560. The fourth-order valence-electron chi connectivity index (χ4n) is 0.924. The van der Waals surface area contributed by atoms with Gasteiger partial charge in [0.25, 0.3) is 5.69 Å². The number of nitrogens with zero attached hydrogens (tertiary/aromatic N) is 1. The number of hydrogen-bond donors (Lipinski definition) is 1. The Morgan fingerprint density at radius 1 is 1.40 bits per heavy atom. The van der Waals surface area contributed by atoms with E-state index in [4.69, 9.17) is 0 Å². The summed E-state index contributed by atoms with van der Waals surface area (Å²) < 4.78 is 0. The lowest BCUT2D eigenvalue weighted by atomic mass is 10.2. The van der Waals surface area contributed by atoms with Gasteiger partial charge in [-0.05, 0) is 26.0 Å². The highest BCUT2D eigenvalue weighted by Gasteiger charge is 2.13. The van der Waals surface area contributed by atoms with E-state index in [1.165, 1.54) is 23.9 Å². The van der Waals surface area contributed by atoms with Crippen LogP contribution < -0.4 is 0 Å². The highest BCUT2D eigenvalue weighted by atomic mass is 32.2. The first-order chi connectivity index (χ1) is 6.88. The second-order valence-corrected chi connectivity index (χ2v) is 4.90. The molecule has 0 heterocycles. The Bertz CT molecular complexity index is 343. The van der Waals surface area contributed by atoms with Crippen LogP contribution in [0.5, 0.6) is 0 Å². The van der Waals surface area contributed by atoms with Crippen LogP contribution in [0.15, 0.2) is 29.2 Å². The molecule has 0 bridgehead atoms. The molecule has 0 amide bonds. The van der Waals surface area contributed by atoms with Gasteiger partial charge in [0.05, 0.1) is 10.5 Å². The van der Waals surface area contributed by atoms with E-state index in [1.54, 1.807) is 26.0 Å². The minimum absolute atomic E-state index is 0.0857. The molecule has 0 aromatic heterocycles. The highest BCUT2D eigenvalue weighted by molar-refractivity contribution is 7.99. The molecule has 1 N–H and O–H groups in total. The molecule has 4 nitrogen and oxygen atoms in total. The van der Waals surface area contributed by atoms with E-state index >= 15 is 0 Å². The number of benzene rings is 1. The van der Waals surface area contributed by atoms with Crippen LogP contribution in [0.3, 0.4) is 0 Å². The normalized spacial score (nSPS) is 11.4. The molecule has 0 aliphatic heterocycles. The standard InChI is InChI=1S/C10H13NO3S/c1-10(2,12)7-15-9-5-3-8(4-6-9)11(13)14/h3-6,12H,7H2,1-2H3. The van der Waals surface area contributed by atoms with Crippen LogP contribution in [-0.2, 0) is 0 Å². The summed E-state index contributed by atoms with van der Waals surface area (Å²) in [5, 5.41) is 19.9. The molecule has 0 aliphatic rings. The molecule has 0 saturated carbocycles. The fraction of sp³-hybridized carbons (Fsp3) is 0.400. The molecule has 0 aliphatic carbocycles. The van der Waals surface area contributed by atoms with Crippen molar-refractivity contribution in [1.82, 2.24) is 0 Å². The number of aliphatic hydroxyl groups is 1. The third-order valence-corrected chi connectivity index (χ3v) is 3.10. The van der Waals surface area contributed by atoms with Gasteiger partial charge < -0.3 is 5.11 Å². The summed E-state index contributed by atoms with van der Waals surface area (Å²) in [7, 11) is 0. The third-order valence-electron chi connectivity index (χ3n) is 1.64. The van der Waals surface area contributed by atoms with Gasteiger partial charge in [0, 0.05) is 22.8 Å². The molecule has 0 unspecified atom stereocenters. The largest absolute Gasteiger partial charge is 0.390 e. The van der Waals surface area contributed by atoms with E-state index in [0.717, 1.165) is 4.90 Å². The van der Waals surface area contributed by atoms with E-state index in [1.807, 2.05) is 0 Å². The predicted molar refractivity (Wildman–Crippen MR) is 60.1 cm³/mol. The molecule has 1 aromatic carbocycles. The van der Waals surface area contributed by atoms with Crippen LogP contribution in [0, 0.1) is 10.1 Å². The van der Waals surface area contributed by atoms with Crippen LogP contribution in [-0.4, -0.2) is 21.4 Å². The number of nitro benzene ring substituents is 1. The Balaban J connectivity index is 2.61. The molecule has 15 heavy (non-hydrogen) atoms. The van der Waals surface area contributed by atoms with Crippen molar-refractivity contribution >= 4 is 17.4 Å². The number of hydrogen-bond acceptors (Lipinski definition) is 4. The van der Waals surface area contributed by atoms with Crippen LogP contribution in [0.1, 0.15) is 13.8 Å². The number of non-ortho nitro benzene ring substituents is 1. The van der Waals surface area contributed by atoms with Gasteiger partial charge in [0.2, 0.25) is 0 Å². The maximum atomic E-state index is 10.4. The van der Waals surface area contributed by atoms with E-state index in [-0.39, 0.29) is 5.69 Å². The van der Waals surface area contributed by atoms with E-state index < -0.39 is 10.5 Å². The van der Waals surface area contributed by atoms with Gasteiger partial charge in [0.15, 0.2) is 0 Å². The lowest BCUT2D eigenvalue weighted by Crippen LogP contribution is -2.21. The Hall–Kier alpha value is -1.07. The van der Waals surface area contributed by atoms with E-state index in [2.05, 4.69) is 0 Å². The van der Waals surface area contributed by atoms with Crippen molar-refractivity contribution in [2.24, 2.45) is 0 Å². The average molecular weight is 227 g/mol. The minimum atomic E-state index is -0.730. The van der Waals surface area contributed by atoms with Crippen molar-refractivity contribution in [3.05, 3.63) is 34.4 Å². The Morgan fingerprint density at radius 3 is 2.33 bits per heavy atom. The Kier molecular flexibility index (Phi) is 3.71. The third kappa shape index (κ3) is 4.31. The summed E-state index contributed by atoms with van der Waals surface area (Å²) in [6.07, 6.45) is 0. The first-order valence-electron chi connectivity index (χ1n) is 4.48. The first-order valence-corrected chi connectivity index (χ1v) is 5.47. The molecular formula is C10H13NO3S. The SMILES string of the molecule is CC(C)(O)CSc1ccc([N+](=O)[O-])cc1.